The number of fused-ring (bicyclic) bond motifs is 1. The lowest BCUT2D eigenvalue weighted by molar-refractivity contribution is -0.116. The number of hydrogen-bond donors (Lipinski definition) is 0. The van der Waals surface area contributed by atoms with Gasteiger partial charge in [0.15, 0.2) is 0 Å². The number of rotatable bonds is 7. The van der Waals surface area contributed by atoms with E-state index >= 15 is 0 Å². The fourth-order valence-corrected chi connectivity index (χ4v) is 5.48. The fourth-order valence-electron chi connectivity index (χ4n) is 4.06. The van der Waals surface area contributed by atoms with Crippen molar-refractivity contribution in [2.45, 2.75) is 32.2 Å². The van der Waals surface area contributed by atoms with Crippen LogP contribution in [-0.2, 0) is 21.4 Å². The lowest BCUT2D eigenvalue weighted by atomic mass is 10.1. The maximum Gasteiger partial charge on any atom is 0.264 e. The molecule has 0 radical (unpaired) electrons. The molecule has 0 spiro atoms. The number of amides is 1. The lowest BCUT2D eigenvalue weighted by Crippen LogP contribution is -2.41. The third-order valence-electron chi connectivity index (χ3n) is 6.26. The molecule has 0 unspecified atom stereocenters. The highest BCUT2D eigenvalue weighted by molar-refractivity contribution is 7.92. The average molecular weight is 504 g/mol. The van der Waals surface area contributed by atoms with Crippen LogP contribution in [0, 0.1) is 13.8 Å². The SMILES string of the molecule is CCn1c(=O)ccc2cc(N(C)C(=O)CN(c3ccc(C)cc3)S(=O)(=O)c3ccc(C)cc3)ccc21. The van der Waals surface area contributed by atoms with Gasteiger partial charge in [-0.15, -0.1) is 0 Å². The minimum Gasteiger partial charge on any atom is -0.314 e. The molecule has 0 aliphatic heterocycles. The molecule has 36 heavy (non-hydrogen) atoms. The van der Waals surface area contributed by atoms with Gasteiger partial charge in [-0.1, -0.05) is 35.4 Å². The van der Waals surface area contributed by atoms with Crippen molar-refractivity contribution >= 4 is 38.2 Å². The average Bonchev–Trinajstić information content (AvgIpc) is 2.87. The Morgan fingerprint density at radius 1 is 0.833 bits per heavy atom. The molecule has 0 N–H and O–H groups in total. The van der Waals surface area contributed by atoms with E-state index in [9.17, 15) is 18.0 Å². The molecular formula is C28H29N3O4S. The Balaban J connectivity index is 1.69. The maximum atomic E-state index is 13.6. The summed E-state index contributed by atoms with van der Waals surface area (Å²) in [4.78, 5) is 27.1. The topological polar surface area (TPSA) is 79.7 Å². The van der Waals surface area contributed by atoms with Crippen LogP contribution in [0.3, 0.4) is 0 Å². The van der Waals surface area contributed by atoms with E-state index in [0.29, 0.717) is 17.9 Å². The van der Waals surface area contributed by atoms with E-state index in [1.54, 1.807) is 66.2 Å². The van der Waals surface area contributed by atoms with Crippen LogP contribution < -0.4 is 14.8 Å². The number of benzene rings is 3. The first-order chi connectivity index (χ1) is 17.1. The number of hydrogen-bond acceptors (Lipinski definition) is 4. The summed E-state index contributed by atoms with van der Waals surface area (Å²) < 4.78 is 30.1. The number of sulfonamides is 1. The summed E-state index contributed by atoms with van der Waals surface area (Å²) in [7, 11) is -2.38. The van der Waals surface area contributed by atoms with Gasteiger partial charge in [0.05, 0.1) is 16.1 Å². The molecule has 0 saturated carbocycles. The molecule has 3 aromatic carbocycles. The van der Waals surface area contributed by atoms with Gasteiger partial charge in [-0.2, -0.15) is 0 Å². The van der Waals surface area contributed by atoms with Crippen molar-refractivity contribution in [3.63, 3.8) is 0 Å². The van der Waals surface area contributed by atoms with Crippen LogP contribution in [0.15, 0.2) is 88.6 Å². The second-order valence-electron chi connectivity index (χ2n) is 8.77. The molecule has 0 atom stereocenters. The molecular weight excluding hydrogens is 474 g/mol. The largest absolute Gasteiger partial charge is 0.314 e. The Hall–Kier alpha value is -3.91. The molecule has 0 fully saturated rings. The van der Waals surface area contributed by atoms with E-state index in [4.69, 9.17) is 0 Å². The predicted molar refractivity (Wildman–Crippen MR) is 144 cm³/mol. The van der Waals surface area contributed by atoms with Crippen molar-refractivity contribution in [3.8, 4) is 0 Å². The van der Waals surface area contributed by atoms with Gasteiger partial charge >= 0.3 is 0 Å². The first-order valence-electron chi connectivity index (χ1n) is 11.7. The smallest absolute Gasteiger partial charge is 0.264 e. The van der Waals surface area contributed by atoms with Gasteiger partial charge in [-0.3, -0.25) is 13.9 Å². The predicted octanol–water partition coefficient (Wildman–Crippen LogP) is 4.50. The van der Waals surface area contributed by atoms with E-state index in [0.717, 1.165) is 26.3 Å². The molecule has 8 heteroatoms. The van der Waals surface area contributed by atoms with E-state index < -0.39 is 15.9 Å². The number of pyridine rings is 1. The summed E-state index contributed by atoms with van der Waals surface area (Å²) in [6, 6.07) is 22.2. The monoisotopic (exact) mass is 503 g/mol. The normalized spacial score (nSPS) is 11.4. The highest BCUT2D eigenvalue weighted by Crippen LogP contribution is 2.26. The van der Waals surface area contributed by atoms with Crippen LogP contribution in [-0.4, -0.2) is 32.5 Å². The second kappa shape index (κ2) is 9.99. The minimum absolute atomic E-state index is 0.0859. The molecule has 186 valence electrons. The molecule has 1 aromatic heterocycles. The van der Waals surface area contributed by atoms with E-state index in [1.165, 1.54) is 11.0 Å². The standard InChI is InChI=1S/C28H29N3O4S/c1-5-30-26-16-13-24(18-22(26)10-17-27(30)32)29(4)28(33)19-31(23-11-6-20(2)7-12-23)36(34,35)25-14-8-21(3)9-15-25/h6-18H,5,19H2,1-4H3. The number of likely N-dealkylation sites (N-methyl/N-ethyl adjacent to an activating group) is 1. The number of carbonyl (C=O) groups excluding carboxylic acids is 1. The van der Waals surface area contributed by atoms with Crippen molar-refractivity contribution in [1.82, 2.24) is 4.57 Å². The summed E-state index contributed by atoms with van der Waals surface area (Å²) in [6.07, 6.45) is 0. The summed E-state index contributed by atoms with van der Waals surface area (Å²) in [6.45, 7) is 5.86. The first kappa shape index (κ1) is 25.2. The zero-order chi connectivity index (χ0) is 26.0. The molecule has 7 nitrogen and oxygen atoms in total. The molecule has 0 bridgehead atoms. The van der Waals surface area contributed by atoms with Crippen LogP contribution in [0.5, 0.6) is 0 Å². The Bertz CT molecular complexity index is 1570. The number of aryl methyl sites for hydroxylation is 3. The summed E-state index contributed by atoms with van der Waals surface area (Å²) in [5.41, 5.74) is 3.63. The van der Waals surface area contributed by atoms with Gasteiger partial charge in [-0.25, -0.2) is 8.42 Å². The van der Waals surface area contributed by atoms with Crippen molar-refractivity contribution in [3.05, 3.63) is 100 Å². The Morgan fingerprint density at radius 3 is 2.03 bits per heavy atom. The molecule has 4 rings (SSSR count). The third-order valence-corrected chi connectivity index (χ3v) is 8.05. The number of anilines is 2. The van der Waals surface area contributed by atoms with Crippen LogP contribution in [0.1, 0.15) is 18.1 Å². The lowest BCUT2D eigenvalue weighted by Gasteiger charge is -2.27. The molecule has 4 aromatic rings. The van der Waals surface area contributed by atoms with Gasteiger partial charge in [0.2, 0.25) is 5.91 Å². The van der Waals surface area contributed by atoms with Gasteiger partial charge in [0, 0.05) is 30.7 Å². The van der Waals surface area contributed by atoms with Gasteiger partial charge in [0.1, 0.15) is 6.54 Å². The first-order valence-corrected chi connectivity index (χ1v) is 13.1. The van der Waals surface area contributed by atoms with E-state index in [1.807, 2.05) is 39.0 Å². The van der Waals surface area contributed by atoms with Gasteiger partial charge in [-0.05, 0) is 69.3 Å². The second-order valence-corrected chi connectivity index (χ2v) is 10.6. The van der Waals surface area contributed by atoms with E-state index in [-0.39, 0.29) is 17.0 Å². The number of nitrogens with zero attached hydrogens (tertiary/aromatic N) is 3. The van der Waals surface area contributed by atoms with Crippen molar-refractivity contribution in [2.75, 3.05) is 22.8 Å². The maximum absolute atomic E-state index is 13.6. The van der Waals surface area contributed by atoms with Crippen LogP contribution in [0.4, 0.5) is 11.4 Å². The third kappa shape index (κ3) is 4.90. The quantitative estimate of drug-likeness (QED) is 0.372. The highest BCUT2D eigenvalue weighted by atomic mass is 32.2. The number of aromatic nitrogens is 1. The van der Waals surface area contributed by atoms with Crippen LogP contribution >= 0.6 is 0 Å². The van der Waals surface area contributed by atoms with Crippen molar-refractivity contribution < 1.29 is 13.2 Å². The Labute approximate surface area is 211 Å². The van der Waals surface area contributed by atoms with Crippen molar-refractivity contribution in [2.24, 2.45) is 0 Å². The molecule has 0 aliphatic rings. The molecule has 1 heterocycles. The summed E-state index contributed by atoms with van der Waals surface area (Å²) >= 11 is 0. The van der Waals surface area contributed by atoms with Crippen molar-refractivity contribution in [1.29, 1.82) is 0 Å². The van der Waals surface area contributed by atoms with Crippen LogP contribution in [0.25, 0.3) is 10.9 Å². The molecule has 0 aliphatic carbocycles. The zero-order valence-electron chi connectivity index (χ0n) is 20.8. The molecule has 1 amide bonds. The Kier molecular flexibility index (Phi) is 6.99. The summed E-state index contributed by atoms with van der Waals surface area (Å²) in [5.74, 6) is -0.394. The van der Waals surface area contributed by atoms with Gasteiger partial charge < -0.3 is 9.47 Å². The molecule has 0 saturated heterocycles. The fraction of sp³-hybridized carbons (Fsp3) is 0.214. The zero-order valence-corrected chi connectivity index (χ0v) is 21.6. The highest BCUT2D eigenvalue weighted by Gasteiger charge is 2.28. The van der Waals surface area contributed by atoms with Crippen LogP contribution in [0.2, 0.25) is 0 Å². The minimum atomic E-state index is -4.00. The van der Waals surface area contributed by atoms with Gasteiger partial charge in [0.25, 0.3) is 15.6 Å². The van der Waals surface area contributed by atoms with E-state index in [2.05, 4.69) is 0 Å². The summed E-state index contributed by atoms with van der Waals surface area (Å²) in [5, 5.41) is 0.816. The number of carbonyl (C=O) groups is 1. The Morgan fingerprint density at radius 2 is 1.42 bits per heavy atom.